The van der Waals surface area contributed by atoms with Crippen LogP contribution in [0.4, 0.5) is 0 Å². The van der Waals surface area contributed by atoms with Gasteiger partial charge in [-0.25, -0.2) is 0 Å². The summed E-state index contributed by atoms with van der Waals surface area (Å²) in [6.07, 6.45) is 2.34. The molecule has 2 rings (SSSR count). The van der Waals surface area contributed by atoms with Gasteiger partial charge >= 0.3 is 0 Å². The van der Waals surface area contributed by atoms with Crippen molar-refractivity contribution in [2.24, 2.45) is 0 Å². The second-order valence-electron chi connectivity index (χ2n) is 4.80. The third kappa shape index (κ3) is 3.82. The van der Waals surface area contributed by atoms with Gasteiger partial charge in [0.25, 0.3) is 5.91 Å². The Bertz CT molecular complexity index is 620. The van der Waals surface area contributed by atoms with Crippen molar-refractivity contribution in [3.63, 3.8) is 0 Å². The summed E-state index contributed by atoms with van der Waals surface area (Å²) in [7, 11) is 0. The van der Waals surface area contributed by atoms with Crippen LogP contribution in [0.15, 0.2) is 53.5 Å². The fourth-order valence-electron chi connectivity index (χ4n) is 2.04. The maximum absolute atomic E-state index is 11.9. The van der Waals surface area contributed by atoms with E-state index in [0.29, 0.717) is 18.0 Å². The van der Waals surface area contributed by atoms with Crippen molar-refractivity contribution in [3.05, 3.63) is 70.1 Å². The van der Waals surface area contributed by atoms with E-state index in [9.17, 15) is 9.59 Å². The monoisotopic (exact) mass is 270 g/mol. The van der Waals surface area contributed by atoms with Crippen LogP contribution >= 0.6 is 0 Å². The molecule has 1 aromatic heterocycles. The summed E-state index contributed by atoms with van der Waals surface area (Å²) >= 11 is 0. The summed E-state index contributed by atoms with van der Waals surface area (Å²) in [6, 6.07) is 13.1. The van der Waals surface area contributed by atoms with E-state index in [1.54, 1.807) is 6.07 Å². The smallest absolute Gasteiger partial charge is 0.251 e. The lowest BCUT2D eigenvalue weighted by atomic mass is 9.98. The van der Waals surface area contributed by atoms with E-state index in [4.69, 9.17) is 0 Å². The molecule has 0 spiro atoms. The highest BCUT2D eigenvalue weighted by Crippen LogP contribution is 2.17. The summed E-state index contributed by atoms with van der Waals surface area (Å²) in [5, 5.41) is 2.84. The van der Waals surface area contributed by atoms with E-state index >= 15 is 0 Å². The van der Waals surface area contributed by atoms with Crippen molar-refractivity contribution in [1.29, 1.82) is 0 Å². The van der Waals surface area contributed by atoms with Gasteiger partial charge in [0.2, 0.25) is 5.56 Å². The fraction of sp³-hybridized carbons (Fsp3) is 0.250. The number of aromatic amines is 1. The molecule has 104 valence electrons. The van der Waals surface area contributed by atoms with Gasteiger partial charge in [0.05, 0.1) is 0 Å². The van der Waals surface area contributed by atoms with Crippen LogP contribution in [-0.4, -0.2) is 17.4 Å². The number of nitrogens with one attached hydrogen (secondary N) is 2. The molecule has 1 amide bonds. The highest BCUT2D eigenvalue weighted by atomic mass is 16.2. The lowest BCUT2D eigenvalue weighted by Gasteiger charge is -2.12. The van der Waals surface area contributed by atoms with Gasteiger partial charge in [-0.2, -0.15) is 0 Å². The topological polar surface area (TPSA) is 62.0 Å². The molecule has 0 saturated heterocycles. The van der Waals surface area contributed by atoms with Crippen LogP contribution in [-0.2, 0) is 0 Å². The first-order valence-electron chi connectivity index (χ1n) is 6.68. The van der Waals surface area contributed by atoms with Crippen LogP contribution in [0.25, 0.3) is 0 Å². The molecule has 0 aliphatic carbocycles. The molecule has 4 nitrogen and oxygen atoms in total. The van der Waals surface area contributed by atoms with Gasteiger partial charge in [0, 0.05) is 24.4 Å². The molecule has 2 N–H and O–H groups in total. The number of pyridine rings is 1. The number of benzene rings is 1. The first-order chi connectivity index (χ1) is 9.66. The maximum atomic E-state index is 11.9. The average molecular weight is 270 g/mol. The predicted molar refractivity (Wildman–Crippen MR) is 78.9 cm³/mol. The Hall–Kier alpha value is -2.36. The highest BCUT2D eigenvalue weighted by molar-refractivity contribution is 5.93. The number of amides is 1. The van der Waals surface area contributed by atoms with Gasteiger partial charge in [-0.05, 0) is 24.0 Å². The number of carbonyl (C=O) groups excluding carboxylic acids is 1. The van der Waals surface area contributed by atoms with Crippen molar-refractivity contribution in [1.82, 2.24) is 10.3 Å². The molecule has 0 saturated carbocycles. The standard InChI is InChI=1S/C16H18N2O2/c1-12(13-5-3-2-4-6-13)7-9-18-16(20)14-8-10-17-15(19)11-14/h2-6,8,10-12H,7,9H2,1H3,(H,17,19)(H,18,20). The van der Waals surface area contributed by atoms with Gasteiger partial charge in [-0.15, -0.1) is 0 Å². The highest BCUT2D eigenvalue weighted by Gasteiger charge is 2.08. The number of rotatable bonds is 5. The number of H-pyrrole nitrogens is 1. The van der Waals surface area contributed by atoms with Crippen molar-refractivity contribution in [2.45, 2.75) is 19.3 Å². The molecule has 0 radical (unpaired) electrons. The molecule has 4 heteroatoms. The van der Waals surface area contributed by atoms with Crippen LogP contribution in [0.3, 0.4) is 0 Å². The first kappa shape index (κ1) is 14.1. The first-order valence-corrected chi connectivity index (χ1v) is 6.68. The Labute approximate surface area is 117 Å². The van der Waals surface area contributed by atoms with Gasteiger partial charge in [0.1, 0.15) is 0 Å². The Morgan fingerprint density at radius 1 is 1.25 bits per heavy atom. The largest absolute Gasteiger partial charge is 0.352 e. The minimum atomic E-state index is -0.268. The zero-order chi connectivity index (χ0) is 14.4. The zero-order valence-electron chi connectivity index (χ0n) is 11.4. The molecule has 0 aliphatic rings. The van der Waals surface area contributed by atoms with Crippen LogP contribution in [0.5, 0.6) is 0 Å². The fourth-order valence-corrected chi connectivity index (χ4v) is 2.04. The van der Waals surface area contributed by atoms with E-state index in [2.05, 4.69) is 29.4 Å². The number of hydrogen-bond acceptors (Lipinski definition) is 2. The van der Waals surface area contributed by atoms with Gasteiger partial charge in [-0.3, -0.25) is 9.59 Å². The minimum Gasteiger partial charge on any atom is -0.352 e. The lowest BCUT2D eigenvalue weighted by molar-refractivity contribution is 0.0952. The van der Waals surface area contributed by atoms with Crippen LogP contribution in [0.1, 0.15) is 35.2 Å². The van der Waals surface area contributed by atoms with E-state index in [1.807, 2.05) is 18.2 Å². The Balaban J connectivity index is 1.84. The summed E-state index contributed by atoms with van der Waals surface area (Å²) in [4.78, 5) is 25.5. The number of hydrogen-bond donors (Lipinski definition) is 2. The number of aromatic nitrogens is 1. The SMILES string of the molecule is CC(CCNC(=O)c1cc[nH]c(=O)c1)c1ccccc1. The van der Waals surface area contributed by atoms with E-state index in [1.165, 1.54) is 17.8 Å². The van der Waals surface area contributed by atoms with Gasteiger partial charge in [0.15, 0.2) is 0 Å². The molecule has 20 heavy (non-hydrogen) atoms. The third-order valence-electron chi connectivity index (χ3n) is 3.27. The minimum absolute atomic E-state index is 0.212. The maximum Gasteiger partial charge on any atom is 0.251 e. The van der Waals surface area contributed by atoms with E-state index < -0.39 is 0 Å². The predicted octanol–water partition coefficient (Wildman–Crippen LogP) is 2.30. The molecule has 1 aromatic carbocycles. The molecule has 1 unspecified atom stereocenters. The molecular formula is C16H18N2O2. The van der Waals surface area contributed by atoms with Crippen molar-refractivity contribution >= 4 is 5.91 Å². The van der Waals surface area contributed by atoms with Crippen LogP contribution in [0.2, 0.25) is 0 Å². The second-order valence-corrected chi connectivity index (χ2v) is 4.80. The third-order valence-corrected chi connectivity index (χ3v) is 3.27. The molecule has 1 heterocycles. The van der Waals surface area contributed by atoms with Crippen LogP contribution < -0.4 is 10.9 Å². The zero-order valence-corrected chi connectivity index (χ0v) is 11.4. The quantitative estimate of drug-likeness (QED) is 0.875. The summed E-state index contributed by atoms with van der Waals surface area (Å²) in [6.45, 7) is 2.72. The lowest BCUT2D eigenvalue weighted by Crippen LogP contribution is -2.26. The van der Waals surface area contributed by atoms with E-state index in [-0.39, 0.29) is 11.5 Å². The Morgan fingerprint density at radius 3 is 2.70 bits per heavy atom. The molecule has 0 aliphatic heterocycles. The summed E-state index contributed by atoms with van der Waals surface area (Å²) in [5.41, 5.74) is 1.38. The average Bonchev–Trinajstić information content (AvgIpc) is 2.48. The van der Waals surface area contributed by atoms with Crippen molar-refractivity contribution in [2.75, 3.05) is 6.54 Å². The van der Waals surface area contributed by atoms with Gasteiger partial charge < -0.3 is 10.3 Å². The van der Waals surface area contributed by atoms with Crippen molar-refractivity contribution < 1.29 is 4.79 Å². The number of carbonyl (C=O) groups is 1. The molecule has 0 bridgehead atoms. The van der Waals surface area contributed by atoms with E-state index in [0.717, 1.165) is 6.42 Å². The molecule has 2 aromatic rings. The molecule has 1 atom stereocenters. The van der Waals surface area contributed by atoms with Crippen LogP contribution in [0, 0.1) is 0 Å². The summed E-state index contributed by atoms with van der Waals surface area (Å²) < 4.78 is 0. The Kier molecular flexibility index (Phi) is 4.71. The van der Waals surface area contributed by atoms with Crippen molar-refractivity contribution in [3.8, 4) is 0 Å². The summed E-state index contributed by atoms with van der Waals surface area (Å²) in [5.74, 6) is 0.173. The second kappa shape index (κ2) is 6.70. The normalized spacial score (nSPS) is 11.8. The Morgan fingerprint density at radius 2 is 2.00 bits per heavy atom. The molecule has 0 fully saturated rings. The molecular weight excluding hydrogens is 252 g/mol. The van der Waals surface area contributed by atoms with Gasteiger partial charge in [-0.1, -0.05) is 37.3 Å².